The van der Waals surface area contributed by atoms with Gasteiger partial charge in [0.05, 0.1) is 12.2 Å². The van der Waals surface area contributed by atoms with Gasteiger partial charge in [-0.25, -0.2) is 4.79 Å². The average molecular weight is 463 g/mol. The summed E-state index contributed by atoms with van der Waals surface area (Å²) in [5.74, 6) is -0.547. The summed E-state index contributed by atoms with van der Waals surface area (Å²) in [6, 6.07) is 2.18. The summed E-state index contributed by atoms with van der Waals surface area (Å²) in [6.07, 6.45) is 3.02. The molecule has 0 aromatic rings. The minimum Gasteiger partial charge on any atom is -0.459 e. The van der Waals surface area contributed by atoms with Gasteiger partial charge in [0.25, 0.3) is 0 Å². The van der Waals surface area contributed by atoms with Crippen LogP contribution >= 0.6 is 0 Å². The number of carbonyl (C=O) groups is 1. The molecule has 29 heavy (non-hydrogen) atoms. The molecule has 0 bridgehead atoms. The van der Waals surface area contributed by atoms with Gasteiger partial charge in [-0.2, -0.15) is 0 Å². The number of hydrogen-bond donors (Lipinski definition) is 1. The standard InChI is InChI=1S/C20H42O6Si3/c1-10-18(21)24-17-20(4,22)16-23-13-11-14-29(26-27(5,6)7)15-12-19(2,3)25-28(29,8)9/h10,22H,1,11-17H2,2-9H3. The van der Waals surface area contributed by atoms with Crippen LogP contribution in [0.2, 0.25) is 44.8 Å². The molecular formula is C20H42O6Si3. The summed E-state index contributed by atoms with van der Waals surface area (Å²) < 4.78 is 24.2. The molecule has 0 aromatic carbocycles. The minimum absolute atomic E-state index is 0.0624. The van der Waals surface area contributed by atoms with E-state index in [4.69, 9.17) is 18.0 Å². The predicted octanol–water partition coefficient (Wildman–Crippen LogP) is 4.15. The molecule has 9 heteroatoms. The summed E-state index contributed by atoms with van der Waals surface area (Å²) in [7, 11) is -5.67. The molecule has 1 saturated heterocycles. The van der Waals surface area contributed by atoms with Crippen LogP contribution in [0.5, 0.6) is 0 Å². The average Bonchev–Trinajstić information content (AvgIpc) is 2.53. The fourth-order valence-corrected chi connectivity index (χ4v) is 26.2. The van der Waals surface area contributed by atoms with Crippen LogP contribution in [-0.4, -0.2) is 66.1 Å². The molecule has 1 heterocycles. The molecule has 1 aliphatic rings. The molecule has 1 N–H and O–H groups in total. The molecule has 0 radical (unpaired) electrons. The second kappa shape index (κ2) is 9.88. The second-order valence-corrected chi connectivity index (χ2v) is 28.1. The van der Waals surface area contributed by atoms with E-state index in [-0.39, 0.29) is 18.8 Å². The molecule has 1 fully saturated rings. The first-order valence-corrected chi connectivity index (χ1v) is 20.2. The zero-order valence-corrected chi connectivity index (χ0v) is 22.7. The first-order valence-electron chi connectivity index (χ1n) is 10.5. The van der Waals surface area contributed by atoms with Crippen LogP contribution < -0.4 is 0 Å². The van der Waals surface area contributed by atoms with Crippen molar-refractivity contribution in [3.63, 3.8) is 0 Å². The lowest BCUT2D eigenvalue weighted by atomic mass is 10.1. The largest absolute Gasteiger partial charge is 0.459 e. The van der Waals surface area contributed by atoms with Crippen LogP contribution in [0.25, 0.3) is 0 Å². The van der Waals surface area contributed by atoms with E-state index in [9.17, 15) is 9.90 Å². The van der Waals surface area contributed by atoms with E-state index in [2.05, 4.69) is 53.2 Å². The van der Waals surface area contributed by atoms with Crippen molar-refractivity contribution in [2.45, 2.75) is 89.6 Å². The van der Waals surface area contributed by atoms with E-state index < -0.39 is 35.6 Å². The molecular weight excluding hydrogens is 420 g/mol. The maximum absolute atomic E-state index is 11.2. The van der Waals surface area contributed by atoms with Gasteiger partial charge in [-0.15, -0.1) is 0 Å². The minimum atomic E-state index is -2.01. The van der Waals surface area contributed by atoms with E-state index in [1.807, 2.05) is 0 Å². The molecule has 6 nitrogen and oxygen atoms in total. The maximum Gasteiger partial charge on any atom is 0.330 e. The predicted molar refractivity (Wildman–Crippen MR) is 124 cm³/mol. The van der Waals surface area contributed by atoms with Crippen LogP contribution in [0.3, 0.4) is 0 Å². The van der Waals surface area contributed by atoms with Gasteiger partial charge in [0.15, 0.2) is 16.2 Å². The van der Waals surface area contributed by atoms with Gasteiger partial charge in [0, 0.05) is 12.7 Å². The highest BCUT2D eigenvalue weighted by molar-refractivity contribution is 7.37. The Morgan fingerprint density at radius 2 is 1.93 bits per heavy atom. The van der Waals surface area contributed by atoms with Crippen molar-refractivity contribution in [3.8, 4) is 0 Å². The van der Waals surface area contributed by atoms with Gasteiger partial charge in [-0.1, -0.05) is 6.58 Å². The monoisotopic (exact) mass is 462 g/mol. The van der Waals surface area contributed by atoms with Crippen LogP contribution in [0.4, 0.5) is 0 Å². The Hall–Kier alpha value is -0.299. The third-order valence-electron chi connectivity index (χ3n) is 5.24. The highest BCUT2D eigenvalue weighted by Gasteiger charge is 2.58. The molecule has 1 aliphatic heterocycles. The van der Waals surface area contributed by atoms with E-state index >= 15 is 0 Å². The van der Waals surface area contributed by atoms with Gasteiger partial charge in [0.2, 0.25) is 7.83 Å². The Morgan fingerprint density at radius 3 is 2.45 bits per heavy atom. The Balaban J connectivity index is 2.64. The zero-order valence-electron chi connectivity index (χ0n) is 19.7. The van der Waals surface area contributed by atoms with E-state index in [1.54, 1.807) is 6.92 Å². The van der Waals surface area contributed by atoms with E-state index in [0.29, 0.717) is 6.61 Å². The molecule has 0 aromatic heterocycles. The van der Waals surface area contributed by atoms with Crippen LogP contribution in [-0.2, 0) is 22.8 Å². The number of rotatable bonds is 11. The Kier molecular flexibility index (Phi) is 9.11. The number of aliphatic hydroxyl groups is 1. The number of esters is 1. The maximum atomic E-state index is 11.2. The second-order valence-electron chi connectivity index (χ2n) is 10.5. The first-order chi connectivity index (χ1) is 13.0. The molecule has 0 amide bonds. The fourth-order valence-electron chi connectivity index (χ4n) is 3.95. The molecule has 0 spiro atoms. The highest BCUT2D eigenvalue weighted by Crippen LogP contribution is 2.43. The SMILES string of the molecule is C=CC(=O)OCC(C)(O)COCCC[Si]1(O[Si](C)(C)C)CCC(C)(C)O[Si]1(C)C. The van der Waals surface area contributed by atoms with Crippen molar-refractivity contribution >= 4 is 30.0 Å². The Labute approximate surface area is 180 Å². The topological polar surface area (TPSA) is 74.2 Å². The van der Waals surface area contributed by atoms with Gasteiger partial charge in [-0.3, -0.25) is 0 Å². The van der Waals surface area contributed by atoms with Crippen molar-refractivity contribution < 1.29 is 27.9 Å². The molecule has 170 valence electrons. The lowest BCUT2D eigenvalue weighted by Crippen LogP contribution is -2.71. The zero-order chi connectivity index (χ0) is 22.6. The summed E-state index contributed by atoms with van der Waals surface area (Å²) >= 11 is 0. The molecule has 0 saturated carbocycles. The number of carbonyl (C=O) groups excluding carboxylic acids is 1. The molecule has 2 unspecified atom stereocenters. The van der Waals surface area contributed by atoms with Crippen molar-refractivity contribution in [1.82, 2.24) is 0 Å². The fraction of sp³-hybridized carbons (Fsp3) is 0.850. The van der Waals surface area contributed by atoms with Gasteiger partial charge in [0.1, 0.15) is 12.2 Å². The lowest BCUT2D eigenvalue weighted by Gasteiger charge is -2.54. The summed E-state index contributed by atoms with van der Waals surface area (Å²) in [6.45, 7) is 21.3. The van der Waals surface area contributed by atoms with Crippen LogP contribution in [0.1, 0.15) is 33.6 Å². The number of hydrogen-bond acceptors (Lipinski definition) is 6. The van der Waals surface area contributed by atoms with Crippen molar-refractivity contribution in [3.05, 3.63) is 12.7 Å². The van der Waals surface area contributed by atoms with Crippen molar-refractivity contribution in [2.24, 2.45) is 0 Å². The van der Waals surface area contributed by atoms with Gasteiger partial charge < -0.3 is 23.1 Å². The Morgan fingerprint density at radius 1 is 1.31 bits per heavy atom. The molecule has 1 rings (SSSR count). The summed E-state index contributed by atoms with van der Waals surface area (Å²) in [5.41, 5.74) is -1.28. The Bertz CT molecular complexity index is 571. The van der Waals surface area contributed by atoms with Gasteiger partial charge in [-0.05, 0) is 78.4 Å². The smallest absolute Gasteiger partial charge is 0.330 e. The third kappa shape index (κ3) is 8.76. The molecule has 2 atom stereocenters. The van der Waals surface area contributed by atoms with Crippen LogP contribution in [0, 0.1) is 0 Å². The normalized spacial score (nSPS) is 25.8. The van der Waals surface area contributed by atoms with E-state index in [1.165, 1.54) is 0 Å². The van der Waals surface area contributed by atoms with Crippen molar-refractivity contribution in [1.29, 1.82) is 0 Å². The first kappa shape index (κ1) is 26.7. The summed E-state index contributed by atoms with van der Waals surface area (Å²) in [4.78, 5) is 11.2. The molecule has 0 aliphatic carbocycles. The summed E-state index contributed by atoms with van der Waals surface area (Å²) in [5, 5.41) is 10.3. The van der Waals surface area contributed by atoms with Crippen LogP contribution in [0.15, 0.2) is 12.7 Å². The lowest BCUT2D eigenvalue weighted by molar-refractivity contribution is -0.148. The third-order valence-corrected chi connectivity index (χ3v) is 24.0. The van der Waals surface area contributed by atoms with Crippen molar-refractivity contribution in [2.75, 3.05) is 19.8 Å². The number of ether oxygens (including phenoxy) is 2. The highest BCUT2D eigenvalue weighted by atomic mass is 29.3. The van der Waals surface area contributed by atoms with E-state index in [0.717, 1.165) is 31.0 Å². The quantitative estimate of drug-likeness (QED) is 0.215. The van der Waals surface area contributed by atoms with Gasteiger partial charge >= 0.3 is 5.97 Å².